The molecule has 0 saturated carbocycles. The molecule has 0 saturated heterocycles. The van der Waals surface area contributed by atoms with E-state index in [9.17, 15) is 13.2 Å². The highest BCUT2D eigenvalue weighted by atomic mass is 32.2. The summed E-state index contributed by atoms with van der Waals surface area (Å²) in [6.07, 6.45) is 2.62. The third kappa shape index (κ3) is 3.68. The van der Waals surface area contributed by atoms with Crippen LogP contribution in [0.3, 0.4) is 0 Å². The maximum absolute atomic E-state index is 13.1. The van der Waals surface area contributed by atoms with Crippen molar-refractivity contribution in [3.63, 3.8) is 0 Å². The molecule has 1 aliphatic heterocycles. The summed E-state index contributed by atoms with van der Waals surface area (Å²) in [5.74, 6) is -0.423. The summed E-state index contributed by atoms with van der Waals surface area (Å²) >= 11 is 1.31. The van der Waals surface area contributed by atoms with Gasteiger partial charge in [-0.3, -0.25) is 4.79 Å². The molecule has 30 heavy (non-hydrogen) atoms. The van der Waals surface area contributed by atoms with Gasteiger partial charge in [0.15, 0.2) is 5.69 Å². The molecule has 0 aliphatic carbocycles. The zero-order valence-electron chi connectivity index (χ0n) is 15.3. The Morgan fingerprint density at radius 1 is 1.17 bits per heavy atom. The van der Waals surface area contributed by atoms with Crippen LogP contribution >= 0.6 is 11.3 Å². The second-order valence-electron chi connectivity index (χ2n) is 6.40. The number of aliphatic imine (C=N–C) groups is 1. The Morgan fingerprint density at radius 3 is 2.57 bits per heavy atom. The molecule has 2 aromatic carbocycles. The largest absolute Gasteiger partial charge is 0.307 e. The Labute approximate surface area is 176 Å². The average molecular weight is 440 g/mol. The number of quaternary nitrogens is 1. The van der Waals surface area contributed by atoms with E-state index in [2.05, 4.69) is 15.1 Å². The zero-order valence-corrected chi connectivity index (χ0v) is 16.9. The van der Waals surface area contributed by atoms with Gasteiger partial charge in [0, 0.05) is 16.8 Å². The van der Waals surface area contributed by atoms with Gasteiger partial charge in [0.2, 0.25) is 6.34 Å². The minimum atomic E-state index is -4.14. The summed E-state index contributed by atoms with van der Waals surface area (Å²) in [5.41, 5.74) is 3.68. The van der Waals surface area contributed by atoms with E-state index in [1.807, 2.05) is 30.3 Å². The molecular formula is C19H15N6O3S2+. The Hall–Kier alpha value is -3.56. The molecule has 0 spiro atoms. The molecule has 0 fully saturated rings. The summed E-state index contributed by atoms with van der Waals surface area (Å²) in [6.45, 7) is 0. The highest BCUT2D eigenvalue weighted by molar-refractivity contribution is 7.87. The van der Waals surface area contributed by atoms with Crippen LogP contribution in [0.4, 0.5) is 5.69 Å². The molecular weight excluding hydrogens is 424 g/mol. The van der Waals surface area contributed by atoms with E-state index in [1.54, 1.807) is 30.3 Å². The van der Waals surface area contributed by atoms with E-state index in [-0.39, 0.29) is 5.82 Å². The molecule has 0 radical (unpaired) electrons. The monoisotopic (exact) mass is 439 g/mol. The van der Waals surface area contributed by atoms with Gasteiger partial charge >= 0.3 is 16.1 Å². The van der Waals surface area contributed by atoms with Crippen molar-refractivity contribution in [2.75, 3.05) is 0 Å². The van der Waals surface area contributed by atoms with E-state index >= 15 is 0 Å². The fourth-order valence-electron chi connectivity index (χ4n) is 3.04. The van der Waals surface area contributed by atoms with Crippen LogP contribution in [-0.2, 0) is 10.2 Å². The summed E-state index contributed by atoms with van der Waals surface area (Å²) in [7, 11) is -4.14. The van der Waals surface area contributed by atoms with Crippen LogP contribution < -0.4 is 19.9 Å². The smallest absolute Gasteiger partial charge is 0.263 e. The van der Waals surface area contributed by atoms with E-state index in [0.29, 0.717) is 16.1 Å². The first-order valence-electron chi connectivity index (χ1n) is 8.57. The van der Waals surface area contributed by atoms with Gasteiger partial charge in [0.25, 0.3) is 5.82 Å². The van der Waals surface area contributed by atoms with Gasteiger partial charge in [-0.2, -0.15) is 19.1 Å². The Bertz CT molecular complexity index is 1320. The number of fused-ring (bicyclic) bond motifs is 1. The van der Waals surface area contributed by atoms with Crippen molar-refractivity contribution in [2.45, 2.75) is 0 Å². The number of carbonyl (C=O) groups is 1. The minimum absolute atomic E-state index is 0.0108. The van der Waals surface area contributed by atoms with Crippen molar-refractivity contribution in [2.24, 2.45) is 10.1 Å². The summed E-state index contributed by atoms with van der Waals surface area (Å²) in [5, 5.41) is 15.1. The fourth-order valence-corrected chi connectivity index (χ4v) is 4.48. The summed E-state index contributed by atoms with van der Waals surface area (Å²) in [4.78, 5) is 17.6. The molecule has 1 amide bonds. The third-order valence-electron chi connectivity index (χ3n) is 4.39. The van der Waals surface area contributed by atoms with Gasteiger partial charge in [0.1, 0.15) is 6.20 Å². The number of benzene rings is 2. The second-order valence-corrected chi connectivity index (χ2v) is 8.77. The van der Waals surface area contributed by atoms with Crippen LogP contribution in [0.5, 0.6) is 0 Å². The number of nitriles is 1. The van der Waals surface area contributed by atoms with Crippen molar-refractivity contribution in [3.05, 3.63) is 77.1 Å². The quantitative estimate of drug-likeness (QED) is 0.524. The number of hydrogen-bond acceptors (Lipinski definition) is 6. The zero-order chi connectivity index (χ0) is 21.4. The molecule has 1 aliphatic rings. The predicted molar refractivity (Wildman–Crippen MR) is 115 cm³/mol. The average Bonchev–Trinajstić information content (AvgIpc) is 3.32. The number of hydrogen-bond donors (Lipinski definition) is 3. The number of nitrogens with one attached hydrogen (secondary N) is 2. The van der Waals surface area contributed by atoms with Crippen molar-refractivity contribution in [1.29, 1.82) is 5.26 Å². The predicted octanol–water partition coefficient (Wildman–Crippen LogP) is 2.06. The van der Waals surface area contributed by atoms with E-state index in [0.717, 1.165) is 10.1 Å². The van der Waals surface area contributed by atoms with Crippen LogP contribution in [0, 0.1) is 11.3 Å². The molecule has 1 unspecified atom stereocenters. The molecule has 1 atom stereocenters. The lowest BCUT2D eigenvalue weighted by molar-refractivity contribution is 0.0899. The van der Waals surface area contributed by atoms with Crippen molar-refractivity contribution in [1.82, 2.24) is 14.7 Å². The van der Waals surface area contributed by atoms with Crippen LogP contribution in [0.15, 0.2) is 71.6 Å². The number of carbonyl (C=O) groups excluding carboxylic acids is 1. The van der Waals surface area contributed by atoms with Gasteiger partial charge in [-0.15, -0.1) is 11.3 Å². The first-order chi connectivity index (χ1) is 14.3. The van der Waals surface area contributed by atoms with Crippen molar-refractivity contribution in [3.8, 4) is 6.07 Å². The molecule has 1 aromatic heterocycles. The molecule has 150 valence electrons. The highest BCUT2D eigenvalue weighted by Gasteiger charge is 2.42. The SMILES string of the molecule is N#Cc1ccc([N+]2(NC(=O)c3cc4ccccc4s3)C=NC=C2NS(N)(=O)=O)cc1. The lowest BCUT2D eigenvalue weighted by atomic mass is 10.2. The maximum atomic E-state index is 13.1. The number of amides is 1. The van der Waals surface area contributed by atoms with Crippen LogP contribution in [0.2, 0.25) is 0 Å². The lowest BCUT2D eigenvalue weighted by Crippen LogP contribution is -2.62. The Balaban J connectivity index is 1.77. The summed E-state index contributed by atoms with van der Waals surface area (Å²) in [6, 6.07) is 17.7. The van der Waals surface area contributed by atoms with Gasteiger partial charge in [-0.05, 0) is 29.7 Å². The molecule has 4 N–H and O–H groups in total. The fraction of sp³-hybridized carbons (Fsp3) is 0. The van der Waals surface area contributed by atoms with Crippen LogP contribution in [0.1, 0.15) is 15.2 Å². The molecule has 4 rings (SSSR count). The summed E-state index contributed by atoms with van der Waals surface area (Å²) < 4.78 is 26.0. The first-order valence-corrected chi connectivity index (χ1v) is 10.9. The third-order valence-corrected chi connectivity index (χ3v) is 6.00. The van der Waals surface area contributed by atoms with Gasteiger partial charge in [0.05, 0.1) is 16.5 Å². The second kappa shape index (κ2) is 7.36. The van der Waals surface area contributed by atoms with E-state index in [1.165, 1.54) is 23.9 Å². The van der Waals surface area contributed by atoms with E-state index < -0.39 is 20.7 Å². The van der Waals surface area contributed by atoms with Gasteiger partial charge in [-0.1, -0.05) is 22.8 Å². The van der Waals surface area contributed by atoms with Gasteiger partial charge in [-0.25, -0.2) is 14.9 Å². The maximum Gasteiger partial charge on any atom is 0.307 e. The number of rotatable bonds is 5. The van der Waals surface area contributed by atoms with Crippen LogP contribution in [-0.4, -0.2) is 20.7 Å². The Morgan fingerprint density at radius 2 is 1.90 bits per heavy atom. The minimum Gasteiger partial charge on any atom is -0.263 e. The number of nitrogens with zero attached hydrogens (tertiary/aromatic N) is 3. The standard InChI is InChI=1S/C19H14N6O3S2/c20-10-13-5-7-15(8-6-13)25(12-22-11-18(25)24-30(21,27)28)23-19(26)17-9-14-3-1-2-4-16(14)29-17/h1-9,11-12,24H,(H2-,21,23,26,27,28)/p+1. The lowest BCUT2D eigenvalue weighted by Gasteiger charge is -2.30. The van der Waals surface area contributed by atoms with Crippen molar-refractivity contribution >= 4 is 49.6 Å². The molecule has 2 heterocycles. The molecule has 3 aromatic rings. The Kier molecular flexibility index (Phi) is 4.84. The van der Waals surface area contributed by atoms with Gasteiger partial charge < -0.3 is 0 Å². The molecule has 9 nitrogen and oxygen atoms in total. The normalized spacial score (nSPS) is 18.1. The van der Waals surface area contributed by atoms with Crippen LogP contribution in [0.25, 0.3) is 10.1 Å². The number of thiophene rings is 1. The van der Waals surface area contributed by atoms with E-state index in [4.69, 9.17) is 10.4 Å². The van der Waals surface area contributed by atoms with Crippen molar-refractivity contribution < 1.29 is 13.2 Å². The first kappa shape index (κ1) is 19.7. The number of nitrogens with two attached hydrogens (primary N) is 1. The molecule has 0 bridgehead atoms. The topological polar surface area (TPSA) is 137 Å². The molecule has 11 heteroatoms. The highest BCUT2D eigenvalue weighted by Crippen LogP contribution is 2.30.